The lowest BCUT2D eigenvalue weighted by molar-refractivity contribution is -0.147. The third-order valence-corrected chi connectivity index (χ3v) is 4.19. The van der Waals surface area contributed by atoms with E-state index in [-0.39, 0.29) is 0 Å². The Morgan fingerprint density at radius 2 is 2.14 bits per heavy atom. The van der Waals surface area contributed by atoms with Gasteiger partial charge in [-0.3, -0.25) is 9.89 Å². The van der Waals surface area contributed by atoms with E-state index in [1.807, 2.05) is 18.2 Å². The minimum atomic E-state index is -0.745. The van der Waals surface area contributed by atoms with E-state index in [1.54, 1.807) is 13.8 Å². The zero-order valence-electron chi connectivity index (χ0n) is 13.5. The molecule has 5 nitrogen and oxygen atoms in total. The number of para-hydroxylation sites is 1. The molecule has 0 aliphatic heterocycles. The summed E-state index contributed by atoms with van der Waals surface area (Å²) in [5.41, 5.74) is 1.49. The van der Waals surface area contributed by atoms with Crippen molar-refractivity contribution in [3.63, 3.8) is 0 Å². The lowest BCUT2D eigenvalue weighted by Gasteiger charge is -2.21. The van der Waals surface area contributed by atoms with E-state index in [0.717, 1.165) is 24.1 Å². The molecular weight excluding hydrogens is 278 g/mol. The summed E-state index contributed by atoms with van der Waals surface area (Å²) in [6.45, 7) is 6.37. The summed E-state index contributed by atoms with van der Waals surface area (Å²) in [5.74, 6) is -0.745. The van der Waals surface area contributed by atoms with Gasteiger partial charge in [-0.25, -0.2) is 0 Å². The highest BCUT2D eigenvalue weighted by molar-refractivity contribution is 5.81. The highest BCUT2D eigenvalue weighted by Crippen LogP contribution is 2.20. The average Bonchev–Trinajstić information content (AvgIpc) is 2.88. The topological polar surface area (TPSA) is 78.0 Å². The van der Waals surface area contributed by atoms with Gasteiger partial charge in [-0.05, 0) is 52.6 Å². The van der Waals surface area contributed by atoms with Gasteiger partial charge < -0.3 is 10.4 Å². The van der Waals surface area contributed by atoms with Gasteiger partial charge in [0.25, 0.3) is 0 Å². The molecule has 1 unspecified atom stereocenters. The maximum atomic E-state index is 11.1. The number of carboxylic acid groups (broad SMARTS) is 1. The predicted octanol–water partition coefficient (Wildman–Crippen LogP) is 2.97. The van der Waals surface area contributed by atoms with Gasteiger partial charge in [0, 0.05) is 17.1 Å². The van der Waals surface area contributed by atoms with Crippen LogP contribution in [0.1, 0.15) is 39.3 Å². The molecule has 2 aromatic rings. The number of benzene rings is 1. The summed E-state index contributed by atoms with van der Waals surface area (Å²) in [6, 6.07) is 8.44. The van der Waals surface area contributed by atoms with Crippen LogP contribution < -0.4 is 5.32 Å². The Labute approximate surface area is 131 Å². The molecule has 0 spiro atoms. The smallest absolute Gasteiger partial charge is 0.309 e. The number of aromatic amines is 1. The van der Waals surface area contributed by atoms with Gasteiger partial charge in [0.2, 0.25) is 0 Å². The van der Waals surface area contributed by atoms with Gasteiger partial charge in [0.05, 0.1) is 10.9 Å². The number of hydrogen-bond acceptors (Lipinski definition) is 3. The number of nitrogens with zero attached hydrogens (tertiary/aromatic N) is 1. The monoisotopic (exact) mass is 303 g/mol. The highest BCUT2D eigenvalue weighted by Gasteiger charge is 2.26. The number of carbonyl (C=O) groups is 1. The van der Waals surface area contributed by atoms with Crippen molar-refractivity contribution in [2.24, 2.45) is 5.41 Å². The Morgan fingerprint density at radius 3 is 2.86 bits per heavy atom. The zero-order chi connectivity index (χ0) is 16.2. The summed E-state index contributed by atoms with van der Waals surface area (Å²) in [7, 11) is 0. The summed E-state index contributed by atoms with van der Waals surface area (Å²) >= 11 is 0. The average molecular weight is 303 g/mol. The van der Waals surface area contributed by atoms with Gasteiger partial charge in [-0.15, -0.1) is 0 Å². The number of aliphatic carboxylic acids is 1. The number of aromatic nitrogens is 2. The number of rotatable bonds is 8. The van der Waals surface area contributed by atoms with Crippen molar-refractivity contribution in [3.8, 4) is 0 Å². The second kappa shape index (κ2) is 6.92. The van der Waals surface area contributed by atoms with Gasteiger partial charge in [0.1, 0.15) is 0 Å². The molecule has 0 fully saturated rings. The van der Waals surface area contributed by atoms with Crippen LogP contribution in [-0.4, -0.2) is 33.9 Å². The summed E-state index contributed by atoms with van der Waals surface area (Å²) in [5, 5.41) is 21.1. The van der Waals surface area contributed by atoms with Crippen molar-refractivity contribution in [3.05, 3.63) is 30.0 Å². The lowest BCUT2D eigenvalue weighted by atomic mass is 9.89. The zero-order valence-corrected chi connectivity index (χ0v) is 13.5. The van der Waals surface area contributed by atoms with Gasteiger partial charge in [-0.2, -0.15) is 5.10 Å². The molecule has 0 saturated carbocycles. The fourth-order valence-corrected chi connectivity index (χ4v) is 2.41. The molecule has 1 heterocycles. The molecule has 3 N–H and O–H groups in total. The van der Waals surface area contributed by atoms with Crippen molar-refractivity contribution in [2.45, 2.75) is 46.1 Å². The second-order valence-corrected chi connectivity index (χ2v) is 6.55. The summed E-state index contributed by atoms with van der Waals surface area (Å²) in [4.78, 5) is 11.1. The largest absolute Gasteiger partial charge is 0.481 e. The lowest BCUT2D eigenvalue weighted by Crippen LogP contribution is -2.33. The minimum Gasteiger partial charge on any atom is -0.481 e. The van der Waals surface area contributed by atoms with Crippen molar-refractivity contribution in [1.29, 1.82) is 0 Å². The standard InChI is InChI=1S/C17H25N3O2/c1-12(18-11-10-17(2,3)16(21)22)8-9-15-13-6-4-5-7-14(13)19-20-15/h4-7,12,18H,8-11H2,1-3H3,(H,19,20)(H,21,22). The number of nitrogens with one attached hydrogen (secondary N) is 2. The van der Waals surface area contributed by atoms with Crippen LogP contribution in [-0.2, 0) is 11.2 Å². The molecule has 5 heteroatoms. The minimum absolute atomic E-state index is 0.339. The molecule has 0 aliphatic rings. The van der Waals surface area contributed by atoms with Gasteiger partial charge in [-0.1, -0.05) is 18.2 Å². The van der Waals surface area contributed by atoms with Crippen LogP contribution in [0.4, 0.5) is 0 Å². The molecule has 2 rings (SSSR count). The molecule has 0 aliphatic carbocycles. The van der Waals surface area contributed by atoms with Gasteiger partial charge >= 0.3 is 5.97 Å². The summed E-state index contributed by atoms with van der Waals surface area (Å²) in [6.07, 6.45) is 2.54. The number of carboxylic acids is 1. The van der Waals surface area contributed by atoms with Crippen molar-refractivity contribution in [1.82, 2.24) is 15.5 Å². The second-order valence-electron chi connectivity index (χ2n) is 6.55. The molecule has 120 valence electrons. The summed E-state index contributed by atoms with van der Waals surface area (Å²) < 4.78 is 0. The van der Waals surface area contributed by atoms with Crippen molar-refractivity contribution >= 4 is 16.9 Å². The molecule has 22 heavy (non-hydrogen) atoms. The first-order valence-electron chi connectivity index (χ1n) is 7.79. The highest BCUT2D eigenvalue weighted by atomic mass is 16.4. The van der Waals surface area contributed by atoms with Crippen LogP contribution in [0.3, 0.4) is 0 Å². The predicted molar refractivity (Wildman–Crippen MR) is 87.9 cm³/mol. The third kappa shape index (κ3) is 4.07. The van der Waals surface area contributed by atoms with E-state index in [4.69, 9.17) is 5.11 Å². The molecule has 0 bridgehead atoms. The first-order valence-corrected chi connectivity index (χ1v) is 7.79. The van der Waals surface area contributed by atoms with Crippen LogP contribution in [0.2, 0.25) is 0 Å². The number of fused-ring (bicyclic) bond motifs is 1. The maximum Gasteiger partial charge on any atom is 0.309 e. The van der Waals surface area contributed by atoms with Gasteiger partial charge in [0.15, 0.2) is 0 Å². The van der Waals surface area contributed by atoms with Crippen LogP contribution in [0.5, 0.6) is 0 Å². The molecule has 0 amide bonds. The first-order chi connectivity index (χ1) is 10.4. The Hall–Kier alpha value is -1.88. The van der Waals surface area contributed by atoms with E-state index in [2.05, 4.69) is 28.5 Å². The molecule has 0 saturated heterocycles. The Kier molecular flexibility index (Phi) is 5.19. The van der Waals surface area contributed by atoms with E-state index in [9.17, 15) is 4.79 Å². The van der Waals surface area contributed by atoms with Crippen LogP contribution in [0, 0.1) is 5.41 Å². The Morgan fingerprint density at radius 1 is 1.41 bits per heavy atom. The SMILES string of the molecule is CC(CCc1[nH]nc2ccccc12)NCCC(C)(C)C(=O)O. The molecular formula is C17H25N3O2. The molecule has 1 atom stereocenters. The number of aryl methyl sites for hydroxylation is 1. The fraction of sp³-hybridized carbons (Fsp3) is 0.529. The van der Waals surface area contributed by atoms with Crippen molar-refractivity contribution in [2.75, 3.05) is 6.54 Å². The van der Waals surface area contributed by atoms with Crippen LogP contribution in [0.15, 0.2) is 24.3 Å². The molecule has 1 aromatic carbocycles. The Bertz CT molecular complexity index is 634. The first kappa shape index (κ1) is 16.5. The number of H-pyrrole nitrogens is 1. The van der Waals surface area contributed by atoms with Crippen molar-refractivity contribution < 1.29 is 9.90 Å². The maximum absolute atomic E-state index is 11.1. The van der Waals surface area contributed by atoms with E-state index in [0.29, 0.717) is 19.0 Å². The Balaban J connectivity index is 1.78. The van der Waals surface area contributed by atoms with Crippen LogP contribution >= 0.6 is 0 Å². The third-order valence-electron chi connectivity index (χ3n) is 4.19. The van der Waals surface area contributed by atoms with E-state index in [1.165, 1.54) is 5.39 Å². The molecule has 1 aromatic heterocycles. The normalized spacial score (nSPS) is 13.4. The number of hydrogen-bond donors (Lipinski definition) is 3. The fourth-order valence-electron chi connectivity index (χ4n) is 2.41. The van der Waals surface area contributed by atoms with E-state index < -0.39 is 11.4 Å². The molecule has 0 radical (unpaired) electrons. The van der Waals surface area contributed by atoms with E-state index >= 15 is 0 Å². The van der Waals surface area contributed by atoms with Crippen LogP contribution in [0.25, 0.3) is 10.9 Å². The quantitative estimate of drug-likeness (QED) is 0.700.